The standard InChI is InChI=1S/C16H22ClNO3/c1-18(14-7-2-3-8-15(14)19)16(20)9-10-21-13-6-4-5-12(17)11-13/h4-6,11,14-15,19H,2-3,7-10H2,1H3. The number of likely N-dealkylation sites (N-methyl/N-ethyl adjacent to an activating group) is 1. The fourth-order valence-electron chi connectivity index (χ4n) is 2.72. The van der Waals surface area contributed by atoms with Crippen molar-refractivity contribution >= 4 is 17.5 Å². The quantitative estimate of drug-likeness (QED) is 0.909. The van der Waals surface area contributed by atoms with Gasteiger partial charge in [0.05, 0.1) is 25.2 Å². The molecule has 1 aromatic carbocycles. The maximum atomic E-state index is 12.2. The summed E-state index contributed by atoms with van der Waals surface area (Å²) in [6, 6.07) is 7.06. The second-order valence-corrected chi connectivity index (χ2v) is 5.92. The number of aliphatic hydroxyl groups is 1. The van der Waals surface area contributed by atoms with Gasteiger partial charge < -0.3 is 14.7 Å². The summed E-state index contributed by atoms with van der Waals surface area (Å²) in [5.41, 5.74) is 0. The highest BCUT2D eigenvalue weighted by molar-refractivity contribution is 6.30. The van der Waals surface area contributed by atoms with E-state index < -0.39 is 6.10 Å². The lowest BCUT2D eigenvalue weighted by Gasteiger charge is -2.35. The first-order chi connectivity index (χ1) is 10.1. The van der Waals surface area contributed by atoms with Crippen molar-refractivity contribution in [3.05, 3.63) is 29.3 Å². The average Bonchev–Trinajstić information content (AvgIpc) is 2.47. The minimum atomic E-state index is -0.401. The summed E-state index contributed by atoms with van der Waals surface area (Å²) in [4.78, 5) is 13.8. The molecule has 4 nitrogen and oxygen atoms in total. The van der Waals surface area contributed by atoms with E-state index in [1.165, 1.54) is 0 Å². The minimum absolute atomic E-state index is 0.00276. The molecule has 0 radical (unpaired) electrons. The maximum absolute atomic E-state index is 12.2. The smallest absolute Gasteiger partial charge is 0.226 e. The molecule has 0 saturated heterocycles. The van der Waals surface area contributed by atoms with Gasteiger partial charge in [0.15, 0.2) is 0 Å². The fraction of sp³-hybridized carbons (Fsp3) is 0.562. The van der Waals surface area contributed by atoms with Crippen molar-refractivity contribution in [2.45, 2.75) is 44.2 Å². The lowest BCUT2D eigenvalue weighted by Crippen LogP contribution is -2.46. The highest BCUT2D eigenvalue weighted by Gasteiger charge is 2.29. The lowest BCUT2D eigenvalue weighted by molar-refractivity contribution is -0.135. The summed E-state index contributed by atoms with van der Waals surface area (Å²) >= 11 is 5.87. The van der Waals surface area contributed by atoms with Crippen LogP contribution < -0.4 is 4.74 Å². The van der Waals surface area contributed by atoms with Crippen LogP contribution in [0, 0.1) is 0 Å². The molecule has 1 amide bonds. The Morgan fingerprint density at radius 1 is 1.43 bits per heavy atom. The second kappa shape index (κ2) is 7.66. The lowest BCUT2D eigenvalue weighted by atomic mass is 9.91. The number of hydrogen-bond donors (Lipinski definition) is 1. The minimum Gasteiger partial charge on any atom is -0.493 e. The number of halogens is 1. The molecule has 116 valence electrons. The van der Waals surface area contributed by atoms with Gasteiger partial charge in [-0.15, -0.1) is 0 Å². The highest BCUT2D eigenvalue weighted by atomic mass is 35.5. The number of amides is 1. The molecular formula is C16H22ClNO3. The summed E-state index contributed by atoms with van der Waals surface area (Å²) in [5, 5.41) is 10.6. The zero-order chi connectivity index (χ0) is 15.2. The molecule has 2 rings (SSSR count). The number of ether oxygens (including phenoxy) is 1. The molecule has 0 aromatic heterocycles. The van der Waals surface area contributed by atoms with E-state index in [4.69, 9.17) is 16.3 Å². The van der Waals surface area contributed by atoms with Crippen LogP contribution in [0.3, 0.4) is 0 Å². The van der Waals surface area contributed by atoms with Gasteiger partial charge >= 0.3 is 0 Å². The molecule has 0 aliphatic heterocycles. The van der Waals surface area contributed by atoms with Crippen LogP contribution in [0.2, 0.25) is 5.02 Å². The van der Waals surface area contributed by atoms with E-state index in [-0.39, 0.29) is 11.9 Å². The van der Waals surface area contributed by atoms with Gasteiger partial charge in [0.2, 0.25) is 5.91 Å². The van der Waals surface area contributed by atoms with Crippen LogP contribution in [0.4, 0.5) is 0 Å². The van der Waals surface area contributed by atoms with Gasteiger partial charge in [0, 0.05) is 12.1 Å². The van der Waals surface area contributed by atoms with Gasteiger partial charge in [-0.25, -0.2) is 0 Å². The Morgan fingerprint density at radius 2 is 2.19 bits per heavy atom. The topological polar surface area (TPSA) is 49.8 Å². The summed E-state index contributed by atoms with van der Waals surface area (Å²) in [7, 11) is 1.76. The van der Waals surface area contributed by atoms with E-state index >= 15 is 0 Å². The molecule has 1 aliphatic carbocycles. The molecule has 1 aromatic rings. The van der Waals surface area contributed by atoms with Crippen LogP contribution in [0.25, 0.3) is 0 Å². The van der Waals surface area contributed by atoms with E-state index in [1.54, 1.807) is 24.1 Å². The normalized spacial score (nSPS) is 21.9. The highest BCUT2D eigenvalue weighted by Crippen LogP contribution is 2.23. The molecule has 0 heterocycles. The third kappa shape index (κ3) is 4.61. The fourth-order valence-corrected chi connectivity index (χ4v) is 2.90. The SMILES string of the molecule is CN(C(=O)CCOc1cccc(Cl)c1)C1CCCCC1O. The largest absolute Gasteiger partial charge is 0.493 e. The zero-order valence-electron chi connectivity index (χ0n) is 12.3. The average molecular weight is 312 g/mol. The summed E-state index contributed by atoms with van der Waals surface area (Å²) in [6.07, 6.45) is 3.66. The zero-order valence-corrected chi connectivity index (χ0v) is 13.1. The van der Waals surface area contributed by atoms with Crippen LogP contribution in [-0.2, 0) is 4.79 Å². The predicted octanol–water partition coefficient (Wildman–Crippen LogP) is 2.87. The van der Waals surface area contributed by atoms with E-state index in [1.807, 2.05) is 12.1 Å². The number of aliphatic hydroxyl groups excluding tert-OH is 1. The molecule has 0 bridgehead atoms. The van der Waals surface area contributed by atoms with Gasteiger partial charge in [0.25, 0.3) is 0 Å². The molecule has 2 unspecified atom stereocenters. The summed E-state index contributed by atoms with van der Waals surface area (Å²) in [6.45, 7) is 0.312. The Hall–Kier alpha value is -1.26. The molecular weight excluding hydrogens is 290 g/mol. The Morgan fingerprint density at radius 3 is 2.90 bits per heavy atom. The van der Waals surface area contributed by atoms with Crippen molar-refractivity contribution in [2.24, 2.45) is 0 Å². The molecule has 1 fully saturated rings. The molecule has 1 saturated carbocycles. The van der Waals surface area contributed by atoms with E-state index in [9.17, 15) is 9.90 Å². The first kappa shape index (κ1) is 16.1. The van der Waals surface area contributed by atoms with Gasteiger partial charge in [-0.05, 0) is 31.0 Å². The van der Waals surface area contributed by atoms with Crippen molar-refractivity contribution in [2.75, 3.05) is 13.7 Å². The van der Waals surface area contributed by atoms with Gasteiger partial charge in [-0.2, -0.15) is 0 Å². The number of benzene rings is 1. The Balaban J connectivity index is 1.78. The molecule has 21 heavy (non-hydrogen) atoms. The van der Waals surface area contributed by atoms with Crippen molar-refractivity contribution < 1.29 is 14.6 Å². The summed E-state index contributed by atoms with van der Waals surface area (Å²) in [5.74, 6) is 0.665. The molecule has 0 spiro atoms. The third-order valence-corrected chi connectivity index (χ3v) is 4.20. The molecule has 5 heteroatoms. The van der Waals surface area contributed by atoms with E-state index in [0.29, 0.717) is 23.8 Å². The monoisotopic (exact) mass is 311 g/mol. The van der Waals surface area contributed by atoms with Crippen LogP contribution in [-0.4, -0.2) is 41.7 Å². The van der Waals surface area contributed by atoms with E-state index in [0.717, 1.165) is 25.7 Å². The Labute approximate surface area is 130 Å². The number of carbonyl (C=O) groups excluding carboxylic acids is 1. The molecule has 1 N–H and O–H groups in total. The Bertz CT molecular complexity index is 480. The predicted molar refractivity (Wildman–Crippen MR) is 82.6 cm³/mol. The first-order valence-corrected chi connectivity index (χ1v) is 7.78. The third-order valence-electron chi connectivity index (χ3n) is 3.97. The molecule has 1 aliphatic rings. The van der Waals surface area contributed by atoms with Gasteiger partial charge in [-0.3, -0.25) is 4.79 Å². The van der Waals surface area contributed by atoms with Gasteiger partial charge in [0.1, 0.15) is 5.75 Å². The van der Waals surface area contributed by atoms with Crippen LogP contribution in [0.15, 0.2) is 24.3 Å². The number of hydrogen-bond acceptors (Lipinski definition) is 3. The van der Waals surface area contributed by atoms with Crippen molar-refractivity contribution in [3.8, 4) is 5.75 Å². The number of rotatable bonds is 5. The number of nitrogens with zero attached hydrogens (tertiary/aromatic N) is 1. The van der Waals surface area contributed by atoms with Crippen molar-refractivity contribution in [1.82, 2.24) is 4.90 Å². The van der Waals surface area contributed by atoms with Crippen LogP contribution >= 0.6 is 11.6 Å². The maximum Gasteiger partial charge on any atom is 0.226 e. The second-order valence-electron chi connectivity index (χ2n) is 5.48. The summed E-state index contributed by atoms with van der Waals surface area (Å²) < 4.78 is 5.53. The van der Waals surface area contributed by atoms with Crippen LogP contribution in [0.5, 0.6) is 5.75 Å². The van der Waals surface area contributed by atoms with Crippen molar-refractivity contribution in [1.29, 1.82) is 0 Å². The van der Waals surface area contributed by atoms with Gasteiger partial charge in [-0.1, -0.05) is 30.5 Å². The van der Waals surface area contributed by atoms with Crippen molar-refractivity contribution in [3.63, 3.8) is 0 Å². The first-order valence-electron chi connectivity index (χ1n) is 7.40. The number of carbonyl (C=O) groups is 1. The Kier molecular flexibility index (Phi) is 5.88. The van der Waals surface area contributed by atoms with Crippen LogP contribution in [0.1, 0.15) is 32.1 Å². The molecule has 2 atom stereocenters. The van der Waals surface area contributed by atoms with E-state index in [2.05, 4.69) is 0 Å².